The SMILES string of the molecule is CC(C)CC(C(=O)NCc1nnc2ccccn12)N1Cc2ccccc2C1=O. The molecule has 3 heterocycles. The molecule has 0 aliphatic carbocycles. The molecule has 2 amide bonds. The number of aromatic nitrogens is 3. The van der Waals surface area contributed by atoms with Gasteiger partial charge >= 0.3 is 0 Å². The second-order valence-electron chi connectivity index (χ2n) is 7.50. The van der Waals surface area contributed by atoms with Crippen molar-refractivity contribution in [3.63, 3.8) is 0 Å². The second kappa shape index (κ2) is 7.42. The fraction of sp³-hybridized carbons (Fsp3) is 0.333. The fourth-order valence-corrected chi connectivity index (χ4v) is 3.65. The lowest BCUT2D eigenvalue weighted by molar-refractivity contribution is -0.126. The molecular formula is C21H23N5O2. The number of hydrogen-bond donors (Lipinski definition) is 1. The van der Waals surface area contributed by atoms with Crippen molar-refractivity contribution in [2.75, 3.05) is 0 Å². The van der Waals surface area contributed by atoms with E-state index < -0.39 is 6.04 Å². The summed E-state index contributed by atoms with van der Waals surface area (Å²) in [6.07, 6.45) is 2.47. The van der Waals surface area contributed by atoms with E-state index in [1.165, 1.54) is 0 Å². The van der Waals surface area contributed by atoms with Crippen LogP contribution in [0, 0.1) is 5.92 Å². The van der Waals surface area contributed by atoms with Gasteiger partial charge in [0, 0.05) is 18.3 Å². The van der Waals surface area contributed by atoms with Crippen LogP contribution in [0.4, 0.5) is 0 Å². The molecule has 2 aromatic heterocycles. The van der Waals surface area contributed by atoms with Crippen LogP contribution in [0.5, 0.6) is 0 Å². The van der Waals surface area contributed by atoms with Crippen molar-refractivity contribution in [3.05, 3.63) is 65.6 Å². The zero-order chi connectivity index (χ0) is 19.7. The highest BCUT2D eigenvalue weighted by Crippen LogP contribution is 2.26. The predicted octanol–water partition coefficient (Wildman–Crippen LogP) is 2.42. The maximum absolute atomic E-state index is 13.0. The Morgan fingerprint density at radius 2 is 1.93 bits per heavy atom. The average molecular weight is 377 g/mol. The normalized spacial score (nSPS) is 14.5. The molecule has 7 heteroatoms. The minimum Gasteiger partial charge on any atom is -0.347 e. The van der Waals surface area contributed by atoms with E-state index in [-0.39, 0.29) is 24.3 Å². The number of pyridine rings is 1. The van der Waals surface area contributed by atoms with Gasteiger partial charge in [-0.2, -0.15) is 0 Å². The molecule has 1 unspecified atom stereocenters. The highest BCUT2D eigenvalue weighted by molar-refractivity contribution is 6.01. The lowest BCUT2D eigenvalue weighted by Gasteiger charge is -2.28. The van der Waals surface area contributed by atoms with Crippen LogP contribution in [-0.4, -0.2) is 37.4 Å². The van der Waals surface area contributed by atoms with Gasteiger partial charge in [0.1, 0.15) is 6.04 Å². The van der Waals surface area contributed by atoms with Gasteiger partial charge in [-0.25, -0.2) is 0 Å². The van der Waals surface area contributed by atoms with Crippen LogP contribution in [0.1, 0.15) is 42.0 Å². The summed E-state index contributed by atoms with van der Waals surface area (Å²) in [6.45, 7) is 4.83. The average Bonchev–Trinajstić information content (AvgIpc) is 3.25. The topological polar surface area (TPSA) is 79.6 Å². The molecule has 1 aliphatic rings. The summed E-state index contributed by atoms with van der Waals surface area (Å²) < 4.78 is 1.84. The van der Waals surface area contributed by atoms with Gasteiger partial charge in [0.05, 0.1) is 6.54 Å². The summed E-state index contributed by atoms with van der Waals surface area (Å²) in [5.41, 5.74) is 2.39. The summed E-state index contributed by atoms with van der Waals surface area (Å²) in [5, 5.41) is 11.2. The zero-order valence-electron chi connectivity index (χ0n) is 16.0. The van der Waals surface area contributed by atoms with Gasteiger partial charge in [-0.15, -0.1) is 10.2 Å². The second-order valence-corrected chi connectivity index (χ2v) is 7.50. The first-order valence-electron chi connectivity index (χ1n) is 9.50. The lowest BCUT2D eigenvalue weighted by Crippen LogP contribution is -2.47. The lowest BCUT2D eigenvalue weighted by atomic mass is 10.0. The summed E-state index contributed by atoms with van der Waals surface area (Å²) in [6, 6.07) is 12.7. The Labute approximate surface area is 163 Å². The number of amides is 2. The van der Waals surface area contributed by atoms with Crippen LogP contribution in [0.3, 0.4) is 0 Å². The smallest absolute Gasteiger partial charge is 0.255 e. The van der Waals surface area contributed by atoms with Crippen molar-refractivity contribution >= 4 is 17.5 Å². The molecule has 0 spiro atoms. The standard InChI is InChI=1S/C21H23N5O2/c1-14(2)11-17(26-13-15-7-3-4-8-16(15)21(26)28)20(27)22-12-19-24-23-18-9-5-6-10-25(18)19/h3-10,14,17H,11-13H2,1-2H3,(H,22,27). The highest BCUT2D eigenvalue weighted by atomic mass is 16.2. The summed E-state index contributed by atoms with van der Waals surface area (Å²) >= 11 is 0. The van der Waals surface area contributed by atoms with Crippen molar-refractivity contribution in [1.29, 1.82) is 0 Å². The van der Waals surface area contributed by atoms with E-state index in [9.17, 15) is 9.59 Å². The van der Waals surface area contributed by atoms with E-state index >= 15 is 0 Å². The predicted molar refractivity (Wildman–Crippen MR) is 104 cm³/mol. The molecular weight excluding hydrogens is 354 g/mol. The first-order chi connectivity index (χ1) is 13.5. The van der Waals surface area contributed by atoms with E-state index in [0.29, 0.717) is 24.4 Å². The third-order valence-electron chi connectivity index (χ3n) is 5.03. The Morgan fingerprint density at radius 1 is 1.14 bits per heavy atom. The number of carbonyl (C=O) groups excluding carboxylic acids is 2. The fourth-order valence-electron chi connectivity index (χ4n) is 3.65. The molecule has 28 heavy (non-hydrogen) atoms. The van der Waals surface area contributed by atoms with Gasteiger partial charge in [-0.05, 0) is 36.1 Å². The number of nitrogens with one attached hydrogen (secondary N) is 1. The summed E-state index contributed by atoms with van der Waals surface area (Å²) in [7, 11) is 0. The van der Waals surface area contributed by atoms with Gasteiger partial charge in [-0.3, -0.25) is 14.0 Å². The van der Waals surface area contributed by atoms with Crippen LogP contribution >= 0.6 is 0 Å². The minimum absolute atomic E-state index is 0.0793. The molecule has 1 aromatic carbocycles. The number of fused-ring (bicyclic) bond motifs is 2. The van der Waals surface area contributed by atoms with E-state index in [2.05, 4.69) is 29.4 Å². The van der Waals surface area contributed by atoms with E-state index in [0.717, 1.165) is 11.2 Å². The van der Waals surface area contributed by atoms with Crippen molar-refractivity contribution < 1.29 is 9.59 Å². The Bertz CT molecular complexity index is 1030. The molecule has 1 aliphatic heterocycles. The molecule has 4 rings (SSSR count). The van der Waals surface area contributed by atoms with E-state index in [1.54, 1.807) is 4.90 Å². The Kier molecular flexibility index (Phi) is 4.81. The first kappa shape index (κ1) is 18.2. The third-order valence-corrected chi connectivity index (χ3v) is 5.03. The van der Waals surface area contributed by atoms with Crippen LogP contribution in [-0.2, 0) is 17.9 Å². The molecule has 3 aromatic rings. The molecule has 0 fully saturated rings. The van der Waals surface area contributed by atoms with Crippen molar-refractivity contribution in [2.45, 2.75) is 39.4 Å². The highest BCUT2D eigenvalue weighted by Gasteiger charge is 2.36. The van der Waals surface area contributed by atoms with Crippen LogP contribution in [0.2, 0.25) is 0 Å². The molecule has 0 radical (unpaired) electrons. The number of hydrogen-bond acceptors (Lipinski definition) is 4. The monoisotopic (exact) mass is 377 g/mol. The quantitative estimate of drug-likeness (QED) is 0.715. The number of benzene rings is 1. The van der Waals surface area contributed by atoms with Crippen molar-refractivity contribution in [3.8, 4) is 0 Å². The van der Waals surface area contributed by atoms with E-state index in [4.69, 9.17) is 0 Å². The van der Waals surface area contributed by atoms with E-state index in [1.807, 2.05) is 53.1 Å². The maximum atomic E-state index is 13.0. The molecule has 144 valence electrons. The Balaban J connectivity index is 1.51. The summed E-state index contributed by atoms with van der Waals surface area (Å²) in [5.74, 6) is 0.691. The van der Waals surface area contributed by atoms with Crippen LogP contribution in [0.25, 0.3) is 5.65 Å². The van der Waals surface area contributed by atoms with Gasteiger partial charge in [-0.1, -0.05) is 38.1 Å². The molecule has 1 N–H and O–H groups in total. The summed E-state index contributed by atoms with van der Waals surface area (Å²) in [4.78, 5) is 27.6. The van der Waals surface area contributed by atoms with Crippen LogP contribution < -0.4 is 5.32 Å². The van der Waals surface area contributed by atoms with Gasteiger partial charge in [0.15, 0.2) is 11.5 Å². The maximum Gasteiger partial charge on any atom is 0.255 e. The largest absolute Gasteiger partial charge is 0.347 e. The van der Waals surface area contributed by atoms with Crippen molar-refractivity contribution in [1.82, 2.24) is 24.8 Å². The van der Waals surface area contributed by atoms with Gasteiger partial charge < -0.3 is 10.2 Å². The number of nitrogens with zero attached hydrogens (tertiary/aromatic N) is 4. The number of rotatable bonds is 6. The molecule has 7 nitrogen and oxygen atoms in total. The molecule has 1 atom stereocenters. The molecule has 0 bridgehead atoms. The van der Waals surface area contributed by atoms with Crippen LogP contribution in [0.15, 0.2) is 48.7 Å². The third kappa shape index (κ3) is 3.35. The molecule has 0 saturated heterocycles. The minimum atomic E-state index is -0.515. The van der Waals surface area contributed by atoms with Crippen molar-refractivity contribution in [2.24, 2.45) is 5.92 Å². The Morgan fingerprint density at radius 3 is 2.71 bits per heavy atom. The van der Waals surface area contributed by atoms with Gasteiger partial charge in [0.2, 0.25) is 5.91 Å². The Hall–Kier alpha value is -3.22. The first-order valence-corrected chi connectivity index (χ1v) is 9.50. The number of carbonyl (C=O) groups is 2. The molecule has 0 saturated carbocycles. The zero-order valence-corrected chi connectivity index (χ0v) is 16.0. The van der Waals surface area contributed by atoms with Gasteiger partial charge in [0.25, 0.3) is 5.91 Å².